The zero-order chi connectivity index (χ0) is 12.1. The number of nitriles is 1. The number of aliphatic hydroxyl groups excluding tert-OH is 1. The summed E-state index contributed by atoms with van der Waals surface area (Å²) in [6.07, 6.45) is 0. The van der Waals surface area contributed by atoms with Crippen molar-refractivity contribution in [1.82, 2.24) is 0 Å². The van der Waals surface area contributed by atoms with Crippen LogP contribution in [0, 0.1) is 11.3 Å². The van der Waals surface area contributed by atoms with Crippen LogP contribution < -0.4 is 4.74 Å². The Hall–Kier alpha value is -2.31. The Morgan fingerprint density at radius 3 is 2.47 bits per heavy atom. The Labute approximate surface area is 99.5 Å². The molecule has 0 aliphatic carbocycles. The maximum Gasteiger partial charge on any atom is 0.127 e. The number of hydrogen-bond donors (Lipinski definition) is 1. The molecule has 3 heteroatoms. The minimum Gasteiger partial charge on any atom is -0.457 e. The third-order valence-corrected chi connectivity index (χ3v) is 2.30. The van der Waals surface area contributed by atoms with Gasteiger partial charge in [-0.1, -0.05) is 12.1 Å². The van der Waals surface area contributed by atoms with Gasteiger partial charge >= 0.3 is 0 Å². The lowest BCUT2D eigenvalue weighted by atomic mass is 10.2. The van der Waals surface area contributed by atoms with Gasteiger partial charge in [-0.05, 0) is 42.0 Å². The summed E-state index contributed by atoms with van der Waals surface area (Å²) in [7, 11) is 0. The van der Waals surface area contributed by atoms with E-state index in [9.17, 15) is 0 Å². The minimum absolute atomic E-state index is 0.00935. The van der Waals surface area contributed by atoms with Gasteiger partial charge in [0.2, 0.25) is 0 Å². The van der Waals surface area contributed by atoms with E-state index >= 15 is 0 Å². The number of nitrogens with zero attached hydrogens (tertiary/aromatic N) is 1. The molecule has 0 spiro atoms. The summed E-state index contributed by atoms with van der Waals surface area (Å²) in [5, 5.41) is 17.7. The number of aliphatic hydroxyl groups is 1. The highest BCUT2D eigenvalue weighted by Gasteiger charge is 1.99. The highest BCUT2D eigenvalue weighted by molar-refractivity contribution is 5.38. The fourth-order valence-electron chi connectivity index (χ4n) is 1.44. The van der Waals surface area contributed by atoms with Crippen LogP contribution in [0.5, 0.6) is 11.5 Å². The molecule has 0 saturated carbocycles. The van der Waals surface area contributed by atoms with Crippen LogP contribution in [0.25, 0.3) is 0 Å². The van der Waals surface area contributed by atoms with Crippen LogP contribution in [-0.2, 0) is 6.61 Å². The Morgan fingerprint density at radius 2 is 1.82 bits per heavy atom. The molecule has 2 rings (SSSR count). The maximum atomic E-state index is 9.00. The molecule has 0 heterocycles. The molecule has 3 nitrogen and oxygen atoms in total. The zero-order valence-electron chi connectivity index (χ0n) is 9.13. The molecule has 0 amide bonds. The molecule has 1 N–H and O–H groups in total. The first kappa shape index (κ1) is 11.2. The summed E-state index contributed by atoms with van der Waals surface area (Å²) in [6, 6.07) is 16.2. The van der Waals surface area contributed by atoms with Gasteiger partial charge in [0.15, 0.2) is 0 Å². The van der Waals surface area contributed by atoms with Crippen molar-refractivity contribution in [3.63, 3.8) is 0 Å². The monoisotopic (exact) mass is 225 g/mol. The fourth-order valence-corrected chi connectivity index (χ4v) is 1.44. The van der Waals surface area contributed by atoms with Gasteiger partial charge in [0, 0.05) is 0 Å². The van der Waals surface area contributed by atoms with Crippen LogP contribution in [0.3, 0.4) is 0 Å². The van der Waals surface area contributed by atoms with E-state index in [-0.39, 0.29) is 6.61 Å². The van der Waals surface area contributed by atoms with Crippen molar-refractivity contribution in [2.75, 3.05) is 0 Å². The van der Waals surface area contributed by atoms with E-state index in [4.69, 9.17) is 15.1 Å². The average molecular weight is 225 g/mol. The molecule has 0 atom stereocenters. The Kier molecular flexibility index (Phi) is 3.39. The van der Waals surface area contributed by atoms with Gasteiger partial charge in [-0.3, -0.25) is 0 Å². The number of hydrogen-bond acceptors (Lipinski definition) is 3. The Morgan fingerprint density at radius 1 is 1.06 bits per heavy atom. The second kappa shape index (κ2) is 5.15. The smallest absolute Gasteiger partial charge is 0.127 e. The van der Waals surface area contributed by atoms with Crippen LogP contribution in [0.4, 0.5) is 0 Å². The third kappa shape index (κ3) is 2.83. The second-order valence-corrected chi connectivity index (χ2v) is 3.54. The molecule has 0 radical (unpaired) electrons. The largest absolute Gasteiger partial charge is 0.457 e. The van der Waals surface area contributed by atoms with Gasteiger partial charge in [-0.15, -0.1) is 0 Å². The highest BCUT2D eigenvalue weighted by atomic mass is 16.5. The highest BCUT2D eigenvalue weighted by Crippen LogP contribution is 2.22. The van der Waals surface area contributed by atoms with Crippen LogP contribution in [0.2, 0.25) is 0 Å². The quantitative estimate of drug-likeness (QED) is 0.873. The molecule has 2 aromatic carbocycles. The van der Waals surface area contributed by atoms with Gasteiger partial charge in [0.1, 0.15) is 11.5 Å². The van der Waals surface area contributed by atoms with Crippen molar-refractivity contribution in [1.29, 1.82) is 5.26 Å². The van der Waals surface area contributed by atoms with Crippen molar-refractivity contribution in [2.24, 2.45) is 0 Å². The fraction of sp³-hybridized carbons (Fsp3) is 0.0714. The maximum absolute atomic E-state index is 9.00. The molecule has 84 valence electrons. The summed E-state index contributed by atoms with van der Waals surface area (Å²) in [6.45, 7) is -0.00935. The first-order valence-electron chi connectivity index (χ1n) is 5.19. The molecule has 0 aliphatic rings. The molecule has 0 aromatic heterocycles. The van der Waals surface area contributed by atoms with Crippen LogP contribution in [-0.4, -0.2) is 5.11 Å². The molecule has 0 unspecified atom stereocenters. The number of rotatable bonds is 3. The average Bonchev–Trinajstić information content (AvgIpc) is 2.40. The lowest BCUT2D eigenvalue weighted by Gasteiger charge is -2.06. The zero-order valence-corrected chi connectivity index (χ0v) is 9.13. The topological polar surface area (TPSA) is 53.2 Å². The molecule has 0 aliphatic heterocycles. The van der Waals surface area contributed by atoms with Crippen molar-refractivity contribution >= 4 is 0 Å². The van der Waals surface area contributed by atoms with E-state index in [1.807, 2.05) is 24.3 Å². The second-order valence-electron chi connectivity index (χ2n) is 3.54. The van der Waals surface area contributed by atoms with Crippen molar-refractivity contribution < 1.29 is 9.84 Å². The lowest BCUT2D eigenvalue weighted by Crippen LogP contribution is -1.87. The lowest BCUT2D eigenvalue weighted by molar-refractivity contribution is 0.281. The van der Waals surface area contributed by atoms with Crippen LogP contribution in [0.1, 0.15) is 11.1 Å². The SMILES string of the molecule is N#Cc1ccc(Oc2cccc(CO)c2)cc1. The van der Waals surface area contributed by atoms with Crippen molar-refractivity contribution in [3.8, 4) is 17.6 Å². The van der Waals surface area contributed by atoms with Gasteiger partial charge in [-0.25, -0.2) is 0 Å². The summed E-state index contributed by atoms with van der Waals surface area (Å²) < 4.78 is 5.60. The molecule has 0 bridgehead atoms. The Balaban J connectivity index is 2.16. The van der Waals surface area contributed by atoms with E-state index in [1.165, 1.54) is 0 Å². The van der Waals surface area contributed by atoms with Gasteiger partial charge in [-0.2, -0.15) is 5.26 Å². The molecule has 0 saturated heterocycles. The van der Waals surface area contributed by atoms with Gasteiger partial charge in [0.05, 0.1) is 18.2 Å². The summed E-state index contributed by atoms with van der Waals surface area (Å²) in [5.74, 6) is 1.33. The summed E-state index contributed by atoms with van der Waals surface area (Å²) in [4.78, 5) is 0. The normalized spacial score (nSPS) is 9.65. The van der Waals surface area contributed by atoms with Gasteiger partial charge in [0.25, 0.3) is 0 Å². The van der Waals surface area contributed by atoms with Crippen molar-refractivity contribution in [2.45, 2.75) is 6.61 Å². The molecular weight excluding hydrogens is 214 g/mol. The first-order valence-corrected chi connectivity index (χ1v) is 5.19. The number of ether oxygens (including phenoxy) is 1. The predicted octanol–water partition coefficient (Wildman–Crippen LogP) is 2.84. The molecular formula is C14H11NO2. The van der Waals surface area contributed by atoms with Crippen molar-refractivity contribution in [3.05, 3.63) is 59.7 Å². The van der Waals surface area contributed by atoms with E-state index in [1.54, 1.807) is 30.3 Å². The van der Waals surface area contributed by atoms with Crippen LogP contribution >= 0.6 is 0 Å². The summed E-state index contributed by atoms with van der Waals surface area (Å²) in [5.41, 5.74) is 1.40. The van der Waals surface area contributed by atoms with E-state index in [2.05, 4.69) is 0 Å². The molecule has 2 aromatic rings. The van der Waals surface area contributed by atoms with E-state index in [0.717, 1.165) is 5.56 Å². The van der Waals surface area contributed by atoms with E-state index < -0.39 is 0 Å². The third-order valence-electron chi connectivity index (χ3n) is 2.30. The van der Waals surface area contributed by atoms with Crippen LogP contribution in [0.15, 0.2) is 48.5 Å². The summed E-state index contributed by atoms with van der Waals surface area (Å²) >= 11 is 0. The number of benzene rings is 2. The molecule has 0 fully saturated rings. The Bertz CT molecular complexity index is 541. The standard InChI is InChI=1S/C14H11NO2/c15-9-11-4-6-13(7-5-11)17-14-3-1-2-12(8-14)10-16/h1-8,16H,10H2. The minimum atomic E-state index is -0.00935. The predicted molar refractivity (Wildman–Crippen MR) is 63.6 cm³/mol. The first-order chi connectivity index (χ1) is 8.31. The van der Waals surface area contributed by atoms with E-state index in [0.29, 0.717) is 17.1 Å². The van der Waals surface area contributed by atoms with Gasteiger partial charge < -0.3 is 9.84 Å². The molecule has 17 heavy (non-hydrogen) atoms.